The van der Waals surface area contributed by atoms with Crippen LogP contribution in [0.2, 0.25) is 0 Å². The van der Waals surface area contributed by atoms with Gasteiger partial charge in [-0.25, -0.2) is 18.3 Å². The van der Waals surface area contributed by atoms with Crippen molar-refractivity contribution in [2.24, 2.45) is 0 Å². The second kappa shape index (κ2) is 12.5. The van der Waals surface area contributed by atoms with Crippen molar-refractivity contribution in [3.63, 3.8) is 0 Å². The molecule has 14 nitrogen and oxygen atoms in total. The van der Waals surface area contributed by atoms with Crippen LogP contribution in [0.15, 0.2) is 36.7 Å². The van der Waals surface area contributed by atoms with E-state index in [1.54, 1.807) is 25.1 Å². The minimum Gasteiger partial charge on any atom is -0.476 e. The Hall–Kier alpha value is -3.43. The summed E-state index contributed by atoms with van der Waals surface area (Å²) in [6.07, 6.45) is -0.136. The number of esters is 1. The van der Waals surface area contributed by atoms with Crippen LogP contribution >= 0.6 is 7.75 Å². The molecular weight excluding hydrogens is 605 g/mol. The summed E-state index contributed by atoms with van der Waals surface area (Å²) in [5.41, 5.74) is 3.07. The first-order valence-corrected chi connectivity index (χ1v) is 15.7. The van der Waals surface area contributed by atoms with Gasteiger partial charge in [0.25, 0.3) is 5.85 Å². The average molecular weight is 641 g/mol. The average Bonchev–Trinajstić information content (AvgIpc) is 3.68. The third-order valence-electron chi connectivity index (χ3n) is 7.36. The van der Waals surface area contributed by atoms with Gasteiger partial charge < -0.3 is 29.6 Å². The van der Waals surface area contributed by atoms with Crippen LogP contribution in [0.4, 0.5) is 14.7 Å². The molecule has 6 atom stereocenters. The summed E-state index contributed by atoms with van der Waals surface area (Å²) in [6.45, 7) is 2.97. The lowest BCUT2D eigenvalue weighted by Crippen LogP contribution is -2.47. The molecule has 4 N–H and O–H groups in total. The quantitative estimate of drug-likeness (QED) is 0.192. The van der Waals surface area contributed by atoms with Gasteiger partial charge in [0.2, 0.25) is 11.8 Å². The highest BCUT2D eigenvalue weighted by Gasteiger charge is 2.65. The fraction of sp³-hybridized carbons (Fsp3) is 0.556. The Morgan fingerprint density at radius 2 is 1.98 bits per heavy atom. The van der Waals surface area contributed by atoms with Gasteiger partial charge in [-0.2, -0.15) is 15.1 Å². The van der Waals surface area contributed by atoms with Crippen LogP contribution in [0.5, 0.6) is 11.6 Å². The third kappa shape index (κ3) is 6.49. The number of alkyl halides is 2. The molecule has 1 aromatic carbocycles. The van der Waals surface area contributed by atoms with Crippen LogP contribution in [0, 0.1) is 0 Å². The van der Waals surface area contributed by atoms with Gasteiger partial charge in [0.15, 0.2) is 29.2 Å². The molecule has 17 heteroatoms. The topological polar surface area (TPSA) is 182 Å². The SMILES string of the molecule is CCOc1nc(N)nc2c1ncn2[C@@H]1O[C@](F)(COP(=O)(NC(C)C(=O)OC2CCCC2)Oc2ccccc2)[C@@H](O)[C@@]1(C)F. The lowest BCUT2D eigenvalue weighted by atomic mass is 9.97. The first-order chi connectivity index (χ1) is 20.8. The predicted octanol–water partition coefficient (Wildman–Crippen LogP) is 3.76. The Morgan fingerprint density at radius 3 is 2.66 bits per heavy atom. The zero-order valence-electron chi connectivity index (χ0n) is 24.4. The summed E-state index contributed by atoms with van der Waals surface area (Å²) in [4.78, 5) is 24.9. The van der Waals surface area contributed by atoms with Crippen LogP contribution in [0.3, 0.4) is 0 Å². The summed E-state index contributed by atoms with van der Waals surface area (Å²) >= 11 is 0. The number of halogens is 2. The number of nitrogens with one attached hydrogen (secondary N) is 1. The molecule has 2 unspecified atom stereocenters. The third-order valence-corrected chi connectivity index (χ3v) is 8.99. The number of benzene rings is 1. The van der Waals surface area contributed by atoms with Crippen LogP contribution in [0.25, 0.3) is 11.2 Å². The molecule has 0 bridgehead atoms. The van der Waals surface area contributed by atoms with Gasteiger partial charge in [0.05, 0.1) is 12.9 Å². The van der Waals surface area contributed by atoms with E-state index >= 15 is 8.78 Å². The Labute approximate surface area is 251 Å². The fourth-order valence-electron chi connectivity index (χ4n) is 5.12. The predicted molar refractivity (Wildman–Crippen MR) is 152 cm³/mol. The number of nitrogens with two attached hydrogens (primary N) is 1. The van der Waals surface area contributed by atoms with Crippen LogP contribution in [0.1, 0.15) is 52.7 Å². The monoisotopic (exact) mass is 640 g/mol. The molecule has 0 spiro atoms. The largest absolute Gasteiger partial charge is 0.476 e. The lowest BCUT2D eigenvalue weighted by Gasteiger charge is -2.28. The van der Waals surface area contributed by atoms with Crippen molar-refractivity contribution >= 4 is 30.8 Å². The highest BCUT2D eigenvalue weighted by Crippen LogP contribution is 2.52. The highest BCUT2D eigenvalue weighted by atomic mass is 31.2. The first kappa shape index (κ1) is 32.0. The molecule has 1 aliphatic heterocycles. The molecule has 240 valence electrons. The van der Waals surface area contributed by atoms with E-state index < -0.39 is 50.2 Å². The maximum Gasteiger partial charge on any atom is 0.459 e. The van der Waals surface area contributed by atoms with Crippen molar-refractivity contribution in [2.75, 3.05) is 18.9 Å². The molecule has 5 rings (SSSR count). The second-order valence-corrected chi connectivity index (χ2v) is 12.5. The number of nitrogens with zero attached hydrogens (tertiary/aromatic N) is 4. The number of anilines is 1. The van der Waals surface area contributed by atoms with Gasteiger partial charge in [-0.05, 0) is 58.6 Å². The molecule has 0 radical (unpaired) electrons. The van der Waals surface area contributed by atoms with E-state index in [1.807, 2.05) is 0 Å². The molecule has 1 saturated carbocycles. The number of carbonyl (C=O) groups excluding carboxylic acids is 1. The first-order valence-electron chi connectivity index (χ1n) is 14.2. The normalized spacial score (nSPS) is 27.7. The fourth-order valence-corrected chi connectivity index (χ4v) is 6.63. The minimum atomic E-state index is -4.58. The highest BCUT2D eigenvalue weighted by molar-refractivity contribution is 7.52. The number of fused-ring (bicyclic) bond motifs is 1. The Morgan fingerprint density at radius 1 is 1.27 bits per heavy atom. The van der Waals surface area contributed by atoms with Crippen molar-refractivity contribution in [1.29, 1.82) is 0 Å². The van der Waals surface area contributed by atoms with Crippen molar-refractivity contribution in [3.8, 4) is 11.6 Å². The number of nitrogen functional groups attached to an aromatic ring is 1. The number of carbonyl (C=O) groups is 1. The number of aliphatic hydroxyl groups is 1. The number of para-hydroxylation sites is 1. The second-order valence-electron chi connectivity index (χ2n) is 10.8. The molecule has 2 fully saturated rings. The van der Waals surface area contributed by atoms with Crippen molar-refractivity contribution in [1.82, 2.24) is 24.6 Å². The lowest BCUT2D eigenvalue weighted by molar-refractivity contribution is -0.202. The van der Waals surface area contributed by atoms with Crippen LogP contribution < -0.4 is 20.1 Å². The van der Waals surface area contributed by atoms with Gasteiger partial charge >= 0.3 is 13.7 Å². The summed E-state index contributed by atoms with van der Waals surface area (Å²) in [5.74, 6) is -4.09. The number of rotatable bonds is 12. The number of aromatic nitrogens is 4. The summed E-state index contributed by atoms with van der Waals surface area (Å²) in [6, 6.07) is 6.61. The number of hydrogen-bond acceptors (Lipinski definition) is 12. The Bertz CT molecular complexity index is 1520. The van der Waals surface area contributed by atoms with E-state index in [0.717, 1.165) is 30.7 Å². The zero-order chi connectivity index (χ0) is 31.7. The molecule has 2 aliphatic rings. The van der Waals surface area contributed by atoms with Crippen molar-refractivity contribution < 1.29 is 46.5 Å². The van der Waals surface area contributed by atoms with Gasteiger partial charge in [-0.1, -0.05) is 18.2 Å². The van der Waals surface area contributed by atoms with E-state index in [1.165, 1.54) is 19.1 Å². The number of imidazole rings is 1. The van der Waals surface area contributed by atoms with Crippen molar-refractivity contribution in [2.45, 2.75) is 82.5 Å². The Kier molecular flexibility index (Phi) is 9.10. The van der Waals surface area contributed by atoms with Gasteiger partial charge in [-0.3, -0.25) is 13.9 Å². The van der Waals surface area contributed by atoms with E-state index in [-0.39, 0.29) is 41.5 Å². The summed E-state index contributed by atoms with van der Waals surface area (Å²) < 4.78 is 74.6. The van der Waals surface area contributed by atoms with E-state index in [2.05, 4.69) is 20.0 Å². The number of aliphatic hydroxyl groups excluding tert-OH is 1. The van der Waals surface area contributed by atoms with Gasteiger partial charge in [0, 0.05) is 0 Å². The maximum atomic E-state index is 16.3. The van der Waals surface area contributed by atoms with Crippen LogP contribution in [-0.4, -0.2) is 73.6 Å². The maximum absolute atomic E-state index is 16.3. The summed E-state index contributed by atoms with van der Waals surface area (Å²) in [5, 5.41) is 13.3. The smallest absolute Gasteiger partial charge is 0.459 e. The van der Waals surface area contributed by atoms with E-state index in [9.17, 15) is 14.5 Å². The molecule has 3 heterocycles. The standard InChI is InChI=1S/C27H35F2N6O8P/c1-4-39-21-19-20(32-25(30)33-21)35(15-31-19)24-26(3,28)23(37)27(29,42-24)14-40-44(38,43-18-12-6-5-7-13-18)34-16(2)22(36)41-17-10-8-9-11-17/h5-7,12-13,15-17,23-24,37H,4,8-11,14H2,1-3H3,(H,34,38)(H2,30,32,33)/t16?,23-,24+,26+,27+,44?/m0/s1. The van der Waals surface area contributed by atoms with E-state index in [0.29, 0.717) is 12.8 Å². The summed E-state index contributed by atoms with van der Waals surface area (Å²) in [7, 11) is -4.58. The van der Waals surface area contributed by atoms with Crippen LogP contribution in [-0.2, 0) is 23.4 Å². The molecule has 1 aliphatic carbocycles. The van der Waals surface area contributed by atoms with E-state index in [4.69, 9.17) is 29.0 Å². The molecule has 3 aromatic rings. The van der Waals surface area contributed by atoms with Gasteiger partial charge in [0.1, 0.15) is 24.5 Å². The number of ether oxygens (including phenoxy) is 3. The number of hydrogen-bond donors (Lipinski definition) is 3. The molecule has 0 amide bonds. The molecule has 1 saturated heterocycles. The molecule has 2 aromatic heterocycles. The Balaban J connectivity index is 1.38. The molecular formula is C27H35F2N6O8P. The van der Waals surface area contributed by atoms with Crippen molar-refractivity contribution in [3.05, 3.63) is 36.7 Å². The van der Waals surface area contributed by atoms with Gasteiger partial charge in [-0.15, -0.1) is 0 Å². The molecule has 44 heavy (non-hydrogen) atoms. The minimum absolute atomic E-state index is 0.0216. The zero-order valence-corrected chi connectivity index (χ0v) is 25.3.